The van der Waals surface area contributed by atoms with Crippen LogP contribution in [0.2, 0.25) is 0 Å². The van der Waals surface area contributed by atoms with Gasteiger partial charge in [-0.05, 0) is 48.4 Å². The Balaban J connectivity index is 1.32. The van der Waals surface area contributed by atoms with E-state index in [4.69, 9.17) is 9.15 Å². The normalized spacial score (nSPS) is 15.1. The molecule has 0 radical (unpaired) electrons. The first-order valence-electron chi connectivity index (χ1n) is 10.6. The number of thioether (sulfide) groups is 1. The Kier molecular flexibility index (Phi) is 7.03. The molecule has 0 saturated carbocycles. The van der Waals surface area contributed by atoms with Crippen molar-refractivity contribution in [1.29, 1.82) is 0 Å². The maximum Gasteiger partial charge on any atom is 0.138 e. The molecule has 2 aromatic carbocycles. The van der Waals surface area contributed by atoms with Crippen LogP contribution in [0.15, 0.2) is 52.9 Å². The second-order valence-electron chi connectivity index (χ2n) is 7.82. The Morgan fingerprint density at radius 3 is 2.60 bits per heavy atom. The van der Waals surface area contributed by atoms with E-state index in [-0.39, 0.29) is 0 Å². The summed E-state index contributed by atoms with van der Waals surface area (Å²) < 4.78 is 12.0. The van der Waals surface area contributed by atoms with Gasteiger partial charge in [-0.2, -0.15) is 11.8 Å². The average Bonchev–Trinajstić information content (AvgIpc) is 3.18. The lowest BCUT2D eigenvalue weighted by atomic mass is 10.1. The van der Waals surface area contributed by atoms with E-state index in [1.807, 2.05) is 32.3 Å². The summed E-state index contributed by atoms with van der Waals surface area (Å²) in [6.45, 7) is 4.28. The molecule has 158 valence electrons. The molecule has 0 spiro atoms. The SMILES string of the molecule is CN(C)c1ccc(C=Cc2cc3ccc(OCCCN4CCSCC4)cc3o2)cc1. The summed E-state index contributed by atoms with van der Waals surface area (Å²) >= 11 is 2.05. The van der Waals surface area contributed by atoms with Crippen molar-refractivity contribution >= 4 is 40.6 Å². The van der Waals surface area contributed by atoms with E-state index in [0.29, 0.717) is 0 Å². The summed E-state index contributed by atoms with van der Waals surface area (Å²) in [5, 5.41) is 1.09. The molecule has 1 saturated heterocycles. The lowest BCUT2D eigenvalue weighted by Crippen LogP contribution is -2.33. The van der Waals surface area contributed by atoms with Crippen molar-refractivity contribution in [3.05, 3.63) is 59.9 Å². The fraction of sp³-hybridized carbons (Fsp3) is 0.360. The van der Waals surface area contributed by atoms with Gasteiger partial charge in [0.1, 0.15) is 17.1 Å². The van der Waals surface area contributed by atoms with E-state index in [0.717, 1.165) is 47.6 Å². The van der Waals surface area contributed by atoms with Crippen LogP contribution in [0.4, 0.5) is 5.69 Å². The van der Waals surface area contributed by atoms with Gasteiger partial charge in [-0.3, -0.25) is 0 Å². The molecule has 3 aromatic rings. The van der Waals surface area contributed by atoms with E-state index < -0.39 is 0 Å². The number of anilines is 1. The lowest BCUT2D eigenvalue weighted by molar-refractivity contribution is 0.248. The Labute approximate surface area is 183 Å². The predicted octanol–water partition coefficient (Wildman–Crippen LogP) is 5.49. The Morgan fingerprint density at radius 1 is 1.03 bits per heavy atom. The zero-order valence-electron chi connectivity index (χ0n) is 17.8. The van der Waals surface area contributed by atoms with Crippen LogP contribution in [0.25, 0.3) is 23.1 Å². The average molecular weight is 423 g/mol. The molecule has 4 nitrogen and oxygen atoms in total. The molecule has 0 N–H and O–H groups in total. The minimum atomic E-state index is 0.742. The monoisotopic (exact) mass is 422 g/mol. The van der Waals surface area contributed by atoms with Gasteiger partial charge in [0.25, 0.3) is 0 Å². The first-order chi connectivity index (χ1) is 14.7. The van der Waals surface area contributed by atoms with Gasteiger partial charge in [-0.1, -0.05) is 18.2 Å². The van der Waals surface area contributed by atoms with Crippen molar-refractivity contribution in [2.75, 3.05) is 56.7 Å². The van der Waals surface area contributed by atoms with Gasteiger partial charge in [-0.25, -0.2) is 0 Å². The number of fused-ring (bicyclic) bond motifs is 1. The van der Waals surface area contributed by atoms with E-state index in [1.54, 1.807) is 0 Å². The van der Waals surface area contributed by atoms with Crippen LogP contribution in [0, 0.1) is 0 Å². The molecule has 0 atom stereocenters. The number of benzene rings is 2. The third kappa shape index (κ3) is 5.61. The van der Waals surface area contributed by atoms with Crippen LogP contribution in [0.5, 0.6) is 5.75 Å². The fourth-order valence-electron chi connectivity index (χ4n) is 3.57. The van der Waals surface area contributed by atoms with Crippen LogP contribution in [0.3, 0.4) is 0 Å². The molecular formula is C25H30N2O2S. The highest BCUT2D eigenvalue weighted by Gasteiger charge is 2.09. The molecule has 0 aliphatic carbocycles. The minimum absolute atomic E-state index is 0.742. The van der Waals surface area contributed by atoms with Crippen LogP contribution >= 0.6 is 11.8 Å². The molecular weight excluding hydrogens is 392 g/mol. The molecule has 1 aromatic heterocycles. The molecule has 0 unspecified atom stereocenters. The highest BCUT2D eigenvalue weighted by atomic mass is 32.2. The van der Waals surface area contributed by atoms with Crippen molar-refractivity contribution in [2.24, 2.45) is 0 Å². The number of ether oxygens (including phenoxy) is 1. The second kappa shape index (κ2) is 10.1. The minimum Gasteiger partial charge on any atom is -0.493 e. The molecule has 0 bridgehead atoms. The molecule has 30 heavy (non-hydrogen) atoms. The molecule has 4 rings (SSSR count). The van der Waals surface area contributed by atoms with Crippen molar-refractivity contribution in [3.63, 3.8) is 0 Å². The third-order valence-corrected chi connectivity index (χ3v) is 6.29. The van der Waals surface area contributed by atoms with Gasteiger partial charge in [0, 0.05) is 62.4 Å². The van der Waals surface area contributed by atoms with Gasteiger partial charge in [-0.15, -0.1) is 0 Å². The van der Waals surface area contributed by atoms with Crippen molar-refractivity contribution in [1.82, 2.24) is 4.90 Å². The van der Waals surface area contributed by atoms with Gasteiger partial charge in [0.2, 0.25) is 0 Å². The van der Waals surface area contributed by atoms with E-state index >= 15 is 0 Å². The lowest BCUT2D eigenvalue weighted by Gasteiger charge is -2.25. The van der Waals surface area contributed by atoms with Gasteiger partial charge >= 0.3 is 0 Å². The highest BCUT2D eigenvalue weighted by molar-refractivity contribution is 7.99. The molecule has 2 heterocycles. The summed E-state index contributed by atoms with van der Waals surface area (Å²) in [6.07, 6.45) is 5.15. The van der Waals surface area contributed by atoms with E-state index in [2.05, 4.69) is 64.0 Å². The van der Waals surface area contributed by atoms with Gasteiger partial charge in [0.05, 0.1) is 6.61 Å². The molecule has 0 amide bonds. The molecule has 5 heteroatoms. The van der Waals surface area contributed by atoms with Crippen LogP contribution in [0.1, 0.15) is 17.7 Å². The molecule has 1 aliphatic rings. The number of rotatable bonds is 8. The smallest absolute Gasteiger partial charge is 0.138 e. The van der Waals surface area contributed by atoms with Gasteiger partial charge < -0.3 is 19.0 Å². The number of hydrogen-bond acceptors (Lipinski definition) is 5. The molecule has 1 fully saturated rings. The first kappa shape index (κ1) is 20.9. The first-order valence-corrected chi connectivity index (χ1v) is 11.7. The predicted molar refractivity (Wildman–Crippen MR) is 130 cm³/mol. The summed E-state index contributed by atoms with van der Waals surface area (Å²) in [5.41, 5.74) is 3.21. The van der Waals surface area contributed by atoms with Gasteiger partial charge in [0.15, 0.2) is 0 Å². The second-order valence-corrected chi connectivity index (χ2v) is 9.05. The fourth-order valence-corrected chi connectivity index (χ4v) is 4.55. The molecule has 1 aliphatic heterocycles. The third-order valence-electron chi connectivity index (χ3n) is 5.35. The Bertz CT molecular complexity index is 972. The summed E-state index contributed by atoms with van der Waals surface area (Å²) in [7, 11) is 4.09. The summed E-state index contributed by atoms with van der Waals surface area (Å²) in [4.78, 5) is 4.63. The maximum atomic E-state index is 6.01. The number of nitrogens with zero attached hydrogens (tertiary/aromatic N) is 2. The Morgan fingerprint density at radius 2 is 1.83 bits per heavy atom. The number of hydrogen-bond donors (Lipinski definition) is 0. The van der Waals surface area contributed by atoms with Crippen LogP contribution < -0.4 is 9.64 Å². The van der Waals surface area contributed by atoms with E-state index in [9.17, 15) is 0 Å². The summed E-state index contributed by atoms with van der Waals surface area (Å²) in [6, 6.07) is 16.6. The van der Waals surface area contributed by atoms with Crippen molar-refractivity contribution in [3.8, 4) is 5.75 Å². The van der Waals surface area contributed by atoms with E-state index in [1.165, 1.54) is 30.3 Å². The van der Waals surface area contributed by atoms with Crippen molar-refractivity contribution in [2.45, 2.75) is 6.42 Å². The van der Waals surface area contributed by atoms with Crippen LogP contribution in [-0.4, -0.2) is 56.7 Å². The number of furan rings is 1. The zero-order chi connectivity index (χ0) is 20.8. The summed E-state index contributed by atoms with van der Waals surface area (Å²) in [5.74, 6) is 4.24. The highest BCUT2D eigenvalue weighted by Crippen LogP contribution is 2.26. The van der Waals surface area contributed by atoms with Crippen molar-refractivity contribution < 1.29 is 9.15 Å². The standard InChI is InChI=1S/C25H30N2O2S/c1-26(2)22-8-4-20(5-9-22)6-10-24-18-21-7-11-23(19-25(21)29-24)28-15-3-12-27-13-16-30-17-14-27/h4-11,18-19H,3,12-17H2,1-2H3. The van der Waals surface area contributed by atoms with Crippen LogP contribution in [-0.2, 0) is 0 Å². The topological polar surface area (TPSA) is 28.9 Å². The zero-order valence-corrected chi connectivity index (χ0v) is 18.7. The maximum absolute atomic E-state index is 6.01. The quantitative estimate of drug-likeness (QED) is 0.448. The largest absolute Gasteiger partial charge is 0.493 e. The Hall–Kier alpha value is -2.37.